The van der Waals surface area contributed by atoms with Gasteiger partial charge in [-0.3, -0.25) is 4.79 Å². The van der Waals surface area contributed by atoms with Crippen LogP contribution in [-0.4, -0.2) is 48.6 Å². The van der Waals surface area contributed by atoms with Crippen molar-refractivity contribution in [2.75, 3.05) is 27.9 Å². The van der Waals surface area contributed by atoms with Crippen LogP contribution in [0.15, 0.2) is 36.4 Å². The zero-order valence-corrected chi connectivity index (χ0v) is 16.9. The van der Waals surface area contributed by atoms with Crippen molar-refractivity contribution in [2.45, 2.75) is 25.3 Å². The number of fused-ring (bicyclic) bond motifs is 1. The number of para-hydroxylation sites is 2. The molecule has 0 bridgehead atoms. The molecule has 1 aliphatic heterocycles. The van der Waals surface area contributed by atoms with Crippen LogP contribution in [0.3, 0.4) is 0 Å². The first kappa shape index (κ1) is 19.1. The van der Waals surface area contributed by atoms with Gasteiger partial charge in [0.25, 0.3) is 0 Å². The number of carbonyl (C=O) groups is 1. The highest BCUT2D eigenvalue weighted by atomic mass is 16.5. The summed E-state index contributed by atoms with van der Waals surface area (Å²) in [4.78, 5) is 23.2. The van der Waals surface area contributed by atoms with Gasteiger partial charge in [-0.25, -0.2) is 4.98 Å². The molecule has 4 rings (SSSR count). The summed E-state index contributed by atoms with van der Waals surface area (Å²) in [5, 5.41) is 0. The van der Waals surface area contributed by atoms with Crippen LogP contribution >= 0.6 is 0 Å². The molecule has 7 nitrogen and oxygen atoms in total. The lowest BCUT2D eigenvalue weighted by molar-refractivity contribution is -0.131. The lowest BCUT2D eigenvalue weighted by Crippen LogP contribution is -2.32. The molecule has 29 heavy (non-hydrogen) atoms. The van der Waals surface area contributed by atoms with E-state index in [1.807, 2.05) is 35.2 Å². The Balaban J connectivity index is 1.59. The molecular formula is C22H25N3O4. The van der Waals surface area contributed by atoms with E-state index in [1.54, 1.807) is 27.4 Å². The first-order valence-electron chi connectivity index (χ1n) is 9.68. The number of H-pyrrole nitrogens is 1. The molecule has 3 aromatic rings. The van der Waals surface area contributed by atoms with E-state index < -0.39 is 0 Å². The van der Waals surface area contributed by atoms with Gasteiger partial charge in [-0.15, -0.1) is 0 Å². The van der Waals surface area contributed by atoms with Gasteiger partial charge in [0.1, 0.15) is 5.82 Å². The number of methoxy groups -OCH3 is 3. The van der Waals surface area contributed by atoms with E-state index in [9.17, 15) is 4.79 Å². The molecule has 1 aliphatic rings. The average molecular weight is 395 g/mol. The molecule has 0 saturated carbocycles. The Labute approximate surface area is 169 Å². The van der Waals surface area contributed by atoms with Gasteiger partial charge >= 0.3 is 0 Å². The van der Waals surface area contributed by atoms with Crippen molar-refractivity contribution in [3.63, 3.8) is 0 Å². The van der Waals surface area contributed by atoms with Gasteiger partial charge in [0.15, 0.2) is 11.5 Å². The normalized spacial score (nSPS) is 16.2. The second-order valence-corrected chi connectivity index (χ2v) is 7.05. The standard InChI is InChI=1S/C22H25N3O4/c1-27-18-11-10-14(20(28-2)21(18)29-3)13-19(26)25-12-6-9-17(25)22-23-15-7-4-5-8-16(15)24-22/h4-5,7-8,10-11,17H,6,9,12-13H2,1-3H3,(H,23,24)/t17-/m0/s1. The molecule has 1 saturated heterocycles. The highest BCUT2D eigenvalue weighted by Crippen LogP contribution is 2.40. The maximum absolute atomic E-state index is 13.2. The van der Waals surface area contributed by atoms with Crippen LogP contribution in [0.5, 0.6) is 17.2 Å². The minimum Gasteiger partial charge on any atom is -0.493 e. The number of amides is 1. The van der Waals surface area contributed by atoms with Crippen LogP contribution in [0.4, 0.5) is 0 Å². The van der Waals surface area contributed by atoms with Crippen LogP contribution in [0.25, 0.3) is 11.0 Å². The number of aromatic amines is 1. The fourth-order valence-electron chi connectivity index (χ4n) is 4.05. The SMILES string of the molecule is COc1ccc(CC(=O)N2CCC[C@H]2c2nc3ccccc3[nH]2)c(OC)c1OC. The van der Waals surface area contributed by atoms with E-state index in [0.29, 0.717) is 17.2 Å². The van der Waals surface area contributed by atoms with Gasteiger partial charge in [-0.2, -0.15) is 0 Å². The lowest BCUT2D eigenvalue weighted by atomic mass is 10.1. The molecule has 0 unspecified atom stereocenters. The number of hydrogen-bond donors (Lipinski definition) is 1. The Hall–Kier alpha value is -3.22. The van der Waals surface area contributed by atoms with Crippen LogP contribution in [-0.2, 0) is 11.2 Å². The highest BCUT2D eigenvalue weighted by Gasteiger charge is 2.32. The van der Waals surface area contributed by atoms with E-state index in [1.165, 1.54) is 0 Å². The number of likely N-dealkylation sites (tertiary alicyclic amines) is 1. The fourth-order valence-corrected chi connectivity index (χ4v) is 4.05. The van der Waals surface area contributed by atoms with Gasteiger partial charge in [0, 0.05) is 12.1 Å². The Morgan fingerprint density at radius 2 is 1.90 bits per heavy atom. The number of nitrogens with one attached hydrogen (secondary N) is 1. The number of imidazole rings is 1. The second-order valence-electron chi connectivity index (χ2n) is 7.05. The van der Waals surface area contributed by atoms with E-state index in [-0.39, 0.29) is 18.4 Å². The van der Waals surface area contributed by atoms with Crippen LogP contribution < -0.4 is 14.2 Å². The summed E-state index contributed by atoms with van der Waals surface area (Å²) in [5.74, 6) is 2.48. The lowest BCUT2D eigenvalue weighted by Gasteiger charge is -2.24. The zero-order chi connectivity index (χ0) is 20.4. The number of ether oxygens (including phenoxy) is 3. The summed E-state index contributed by atoms with van der Waals surface area (Å²) >= 11 is 0. The van der Waals surface area contributed by atoms with Gasteiger partial charge in [0.05, 0.1) is 44.8 Å². The molecular weight excluding hydrogens is 370 g/mol. The maximum Gasteiger partial charge on any atom is 0.227 e. The molecule has 2 aromatic carbocycles. The second kappa shape index (κ2) is 8.03. The van der Waals surface area contributed by atoms with Crippen molar-refractivity contribution in [1.29, 1.82) is 0 Å². The summed E-state index contributed by atoms with van der Waals surface area (Å²) in [6, 6.07) is 11.5. The Bertz CT molecular complexity index is 997. The molecule has 1 atom stereocenters. The third-order valence-electron chi connectivity index (χ3n) is 5.42. The summed E-state index contributed by atoms with van der Waals surface area (Å²) in [6.07, 6.45) is 2.07. The largest absolute Gasteiger partial charge is 0.493 e. The summed E-state index contributed by atoms with van der Waals surface area (Å²) in [7, 11) is 4.70. The zero-order valence-electron chi connectivity index (χ0n) is 16.9. The van der Waals surface area contributed by atoms with Gasteiger partial charge in [0.2, 0.25) is 11.7 Å². The molecule has 7 heteroatoms. The Kier molecular flexibility index (Phi) is 5.29. The number of aromatic nitrogens is 2. The summed E-state index contributed by atoms with van der Waals surface area (Å²) < 4.78 is 16.3. The molecule has 0 aliphatic carbocycles. The summed E-state index contributed by atoms with van der Waals surface area (Å²) in [6.45, 7) is 0.718. The van der Waals surface area contributed by atoms with Crippen LogP contribution in [0.1, 0.15) is 30.3 Å². The van der Waals surface area contributed by atoms with E-state index in [2.05, 4.69) is 4.98 Å². The minimum absolute atomic E-state index is 0.0403. The molecule has 1 aromatic heterocycles. The number of nitrogens with zero attached hydrogens (tertiary/aromatic N) is 2. The first-order chi connectivity index (χ1) is 14.2. The first-order valence-corrected chi connectivity index (χ1v) is 9.68. The molecule has 1 fully saturated rings. The molecule has 1 N–H and O–H groups in total. The van der Waals surface area contributed by atoms with Gasteiger partial charge in [-0.1, -0.05) is 18.2 Å². The van der Waals surface area contributed by atoms with Crippen molar-refractivity contribution >= 4 is 16.9 Å². The molecule has 0 spiro atoms. The third kappa shape index (κ3) is 3.48. The number of carbonyl (C=O) groups excluding carboxylic acids is 1. The van der Waals surface area contributed by atoms with Crippen molar-refractivity contribution in [1.82, 2.24) is 14.9 Å². The fraction of sp³-hybridized carbons (Fsp3) is 0.364. The number of benzene rings is 2. The maximum atomic E-state index is 13.2. The smallest absolute Gasteiger partial charge is 0.227 e. The van der Waals surface area contributed by atoms with Crippen molar-refractivity contribution in [3.05, 3.63) is 47.8 Å². The van der Waals surface area contributed by atoms with Crippen molar-refractivity contribution < 1.29 is 19.0 Å². The quantitative estimate of drug-likeness (QED) is 0.691. The molecule has 2 heterocycles. The van der Waals surface area contributed by atoms with E-state index in [4.69, 9.17) is 19.2 Å². The third-order valence-corrected chi connectivity index (χ3v) is 5.42. The van der Waals surface area contributed by atoms with Crippen LogP contribution in [0, 0.1) is 0 Å². The Morgan fingerprint density at radius 3 is 2.62 bits per heavy atom. The summed E-state index contributed by atoms with van der Waals surface area (Å²) in [5.41, 5.74) is 2.68. The molecule has 0 radical (unpaired) electrons. The molecule has 152 valence electrons. The predicted octanol–water partition coefficient (Wildman–Crippen LogP) is 3.49. The molecule has 1 amide bonds. The Morgan fingerprint density at radius 1 is 1.10 bits per heavy atom. The highest BCUT2D eigenvalue weighted by molar-refractivity contribution is 5.81. The van der Waals surface area contributed by atoms with Gasteiger partial charge in [-0.05, 0) is 31.0 Å². The van der Waals surface area contributed by atoms with E-state index >= 15 is 0 Å². The van der Waals surface area contributed by atoms with Crippen molar-refractivity contribution in [2.24, 2.45) is 0 Å². The van der Waals surface area contributed by atoms with Crippen LogP contribution in [0.2, 0.25) is 0 Å². The number of hydrogen-bond acceptors (Lipinski definition) is 5. The average Bonchev–Trinajstić information content (AvgIpc) is 3.39. The predicted molar refractivity (Wildman–Crippen MR) is 110 cm³/mol. The van der Waals surface area contributed by atoms with Gasteiger partial charge < -0.3 is 24.1 Å². The number of rotatable bonds is 6. The monoisotopic (exact) mass is 395 g/mol. The van der Waals surface area contributed by atoms with Crippen molar-refractivity contribution in [3.8, 4) is 17.2 Å². The van der Waals surface area contributed by atoms with E-state index in [0.717, 1.165) is 41.8 Å². The minimum atomic E-state index is -0.0407. The topological polar surface area (TPSA) is 76.7 Å².